The van der Waals surface area contributed by atoms with Crippen molar-refractivity contribution in [2.45, 2.75) is 0 Å². The van der Waals surface area contributed by atoms with Gasteiger partial charge in [-0.2, -0.15) is 0 Å². The molecule has 1 aromatic heterocycles. The summed E-state index contributed by atoms with van der Waals surface area (Å²) in [4.78, 5) is 15.2. The van der Waals surface area contributed by atoms with E-state index in [1.165, 1.54) is 12.0 Å². The van der Waals surface area contributed by atoms with Gasteiger partial charge in [0.2, 0.25) is 0 Å². The molecule has 0 aliphatic rings. The van der Waals surface area contributed by atoms with Gasteiger partial charge in [0.1, 0.15) is 5.82 Å². The molecule has 0 atom stereocenters. The fraction of sp³-hybridized carbons (Fsp3) is 0.286. The second-order valence-electron chi connectivity index (χ2n) is 2.08. The lowest BCUT2D eigenvalue weighted by molar-refractivity contribution is 0.180. The SMILES string of the molecule is COC(=O)N(C)c1ccc[nH]1. The Morgan fingerprint density at radius 3 is 2.91 bits per heavy atom. The fourth-order valence-corrected chi connectivity index (χ4v) is 0.765. The van der Waals surface area contributed by atoms with E-state index in [9.17, 15) is 4.79 Å². The summed E-state index contributed by atoms with van der Waals surface area (Å²) in [5, 5.41) is 0. The van der Waals surface area contributed by atoms with Crippen molar-refractivity contribution < 1.29 is 9.53 Å². The molecule has 1 heterocycles. The summed E-state index contributed by atoms with van der Waals surface area (Å²) < 4.78 is 4.50. The number of nitrogens with zero attached hydrogens (tertiary/aromatic N) is 1. The number of nitrogens with one attached hydrogen (secondary N) is 1. The fourth-order valence-electron chi connectivity index (χ4n) is 0.765. The molecule has 1 rings (SSSR count). The van der Waals surface area contributed by atoms with E-state index in [2.05, 4.69) is 9.72 Å². The van der Waals surface area contributed by atoms with Crippen LogP contribution >= 0.6 is 0 Å². The van der Waals surface area contributed by atoms with Gasteiger partial charge in [0.05, 0.1) is 7.11 Å². The molecular formula is C7H10N2O2. The van der Waals surface area contributed by atoms with E-state index in [-0.39, 0.29) is 6.09 Å². The number of H-pyrrole nitrogens is 1. The lowest BCUT2D eigenvalue weighted by atomic mass is 10.6. The third kappa shape index (κ3) is 1.52. The first-order valence-electron chi connectivity index (χ1n) is 3.20. The van der Waals surface area contributed by atoms with E-state index in [4.69, 9.17) is 0 Å². The smallest absolute Gasteiger partial charge is 0.414 e. The number of anilines is 1. The number of amides is 1. The molecule has 0 fully saturated rings. The maximum atomic E-state index is 10.9. The van der Waals surface area contributed by atoms with Gasteiger partial charge in [-0.15, -0.1) is 0 Å². The largest absolute Gasteiger partial charge is 0.452 e. The molecule has 60 valence electrons. The molecule has 0 spiro atoms. The molecule has 0 bridgehead atoms. The van der Waals surface area contributed by atoms with Crippen LogP contribution in [0.5, 0.6) is 0 Å². The van der Waals surface area contributed by atoms with Crippen LogP contribution in [-0.2, 0) is 4.74 Å². The van der Waals surface area contributed by atoms with Gasteiger partial charge < -0.3 is 9.72 Å². The molecule has 0 radical (unpaired) electrons. The van der Waals surface area contributed by atoms with Crippen molar-refractivity contribution in [1.82, 2.24) is 4.98 Å². The summed E-state index contributed by atoms with van der Waals surface area (Å²) in [5.74, 6) is 0.719. The first kappa shape index (κ1) is 7.65. The van der Waals surface area contributed by atoms with Crippen molar-refractivity contribution >= 4 is 11.9 Å². The van der Waals surface area contributed by atoms with Crippen LogP contribution in [0.25, 0.3) is 0 Å². The Hall–Kier alpha value is -1.45. The van der Waals surface area contributed by atoms with Crippen LogP contribution in [0.3, 0.4) is 0 Å². The molecular weight excluding hydrogens is 144 g/mol. The van der Waals surface area contributed by atoms with Gasteiger partial charge in [-0.3, -0.25) is 4.90 Å². The Morgan fingerprint density at radius 1 is 1.73 bits per heavy atom. The number of aromatic nitrogens is 1. The van der Waals surface area contributed by atoms with Gasteiger partial charge in [-0.05, 0) is 12.1 Å². The molecule has 0 saturated carbocycles. The summed E-state index contributed by atoms with van der Waals surface area (Å²) in [6.45, 7) is 0. The quantitative estimate of drug-likeness (QED) is 0.661. The van der Waals surface area contributed by atoms with Gasteiger partial charge in [-0.25, -0.2) is 4.79 Å². The van der Waals surface area contributed by atoms with Crippen molar-refractivity contribution in [2.24, 2.45) is 0 Å². The molecule has 1 amide bonds. The van der Waals surface area contributed by atoms with Crippen LogP contribution in [0.2, 0.25) is 0 Å². The van der Waals surface area contributed by atoms with E-state index in [1.807, 2.05) is 6.07 Å². The van der Waals surface area contributed by atoms with Crippen molar-refractivity contribution in [3.63, 3.8) is 0 Å². The van der Waals surface area contributed by atoms with Gasteiger partial charge in [0.15, 0.2) is 0 Å². The van der Waals surface area contributed by atoms with Crippen LogP contribution in [0.4, 0.5) is 10.6 Å². The molecule has 11 heavy (non-hydrogen) atoms. The van der Waals surface area contributed by atoms with Crippen LogP contribution in [0, 0.1) is 0 Å². The Labute approximate surface area is 64.8 Å². The summed E-state index contributed by atoms with van der Waals surface area (Å²) in [6.07, 6.45) is 1.36. The second-order valence-corrected chi connectivity index (χ2v) is 2.08. The molecule has 4 heteroatoms. The number of ether oxygens (including phenoxy) is 1. The molecule has 1 N–H and O–H groups in total. The number of hydrogen-bond acceptors (Lipinski definition) is 2. The molecule has 0 aliphatic carbocycles. The highest BCUT2D eigenvalue weighted by atomic mass is 16.5. The molecule has 0 saturated heterocycles. The number of aromatic amines is 1. The monoisotopic (exact) mass is 154 g/mol. The van der Waals surface area contributed by atoms with Crippen LogP contribution in [0.1, 0.15) is 0 Å². The van der Waals surface area contributed by atoms with Crippen LogP contribution < -0.4 is 4.90 Å². The number of hydrogen-bond donors (Lipinski definition) is 1. The predicted octanol–water partition coefficient (Wildman–Crippen LogP) is 1.22. The lowest BCUT2D eigenvalue weighted by Gasteiger charge is -2.12. The number of carbonyl (C=O) groups is 1. The highest BCUT2D eigenvalue weighted by Gasteiger charge is 2.09. The first-order chi connectivity index (χ1) is 5.25. The van der Waals surface area contributed by atoms with Gasteiger partial charge in [-0.1, -0.05) is 0 Å². The van der Waals surface area contributed by atoms with E-state index in [0.717, 1.165) is 5.82 Å². The van der Waals surface area contributed by atoms with Gasteiger partial charge in [0.25, 0.3) is 0 Å². The number of carbonyl (C=O) groups excluding carboxylic acids is 1. The molecule has 4 nitrogen and oxygen atoms in total. The summed E-state index contributed by atoms with van der Waals surface area (Å²) >= 11 is 0. The highest BCUT2D eigenvalue weighted by Crippen LogP contribution is 2.07. The molecule has 0 unspecified atom stereocenters. The van der Waals surface area contributed by atoms with Crippen molar-refractivity contribution in [1.29, 1.82) is 0 Å². The van der Waals surface area contributed by atoms with E-state index < -0.39 is 0 Å². The maximum absolute atomic E-state index is 10.9. The van der Waals surface area contributed by atoms with Crippen molar-refractivity contribution in [2.75, 3.05) is 19.1 Å². The van der Waals surface area contributed by atoms with Crippen molar-refractivity contribution in [3.8, 4) is 0 Å². The average molecular weight is 154 g/mol. The van der Waals surface area contributed by atoms with E-state index in [1.54, 1.807) is 19.3 Å². The van der Waals surface area contributed by atoms with Crippen LogP contribution in [0.15, 0.2) is 18.3 Å². The Balaban J connectivity index is 2.70. The molecule has 0 aliphatic heterocycles. The number of rotatable bonds is 1. The van der Waals surface area contributed by atoms with Gasteiger partial charge in [0, 0.05) is 13.2 Å². The molecule has 0 aromatic carbocycles. The first-order valence-corrected chi connectivity index (χ1v) is 3.20. The minimum atomic E-state index is -0.382. The van der Waals surface area contributed by atoms with Gasteiger partial charge >= 0.3 is 6.09 Å². The lowest BCUT2D eigenvalue weighted by Crippen LogP contribution is -2.25. The zero-order chi connectivity index (χ0) is 8.27. The van der Waals surface area contributed by atoms with E-state index >= 15 is 0 Å². The van der Waals surface area contributed by atoms with Crippen molar-refractivity contribution in [3.05, 3.63) is 18.3 Å². The maximum Gasteiger partial charge on any atom is 0.414 e. The van der Waals surface area contributed by atoms with Crippen LogP contribution in [-0.4, -0.2) is 25.2 Å². The molecule has 1 aromatic rings. The third-order valence-electron chi connectivity index (χ3n) is 1.39. The zero-order valence-corrected chi connectivity index (χ0v) is 6.50. The topological polar surface area (TPSA) is 45.3 Å². The zero-order valence-electron chi connectivity index (χ0n) is 6.50. The summed E-state index contributed by atoms with van der Waals surface area (Å²) in [5.41, 5.74) is 0. The minimum absolute atomic E-state index is 0.382. The highest BCUT2D eigenvalue weighted by molar-refractivity contribution is 5.85. The summed E-state index contributed by atoms with van der Waals surface area (Å²) in [6, 6.07) is 3.60. The van der Waals surface area contributed by atoms with E-state index in [0.29, 0.717) is 0 Å². The predicted molar refractivity (Wildman–Crippen MR) is 41.6 cm³/mol. The summed E-state index contributed by atoms with van der Waals surface area (Å²) in [7, 11) is 2.99. The average Bonchev–Trinajstić information content (AvgIpc) is 2.53. The Bertz CT molecular complexity index is 231. The Morgan fingerprint density at radius 2 is 2.45 bits per heavy atom. The Kier molecular flexibility index (Phi) is 2.15. The minimum Gasteiger partial charge on any atom is -0.452 e. The second kappa shape index (κ2) is 3.09. The number of methoxy groups -OCH3 is 1. The third-order valence-corrected chi connectivity index (χ3v) is 1.39. The standard InChI is InChI=1S/C7H10N2O2/c1-9(7(10)11-2)6-4-3-5-8-6/h3-5,8H,1-2H3. The normalized spacial score (nSPS) is 9.27.